The van der Waals surface area contributed by atoms with E-state index in [1.807, 2.05) is 19.2 Å². The highest BCUT2D eigenvalue weighted by Gasteiger charge is 2.31. The van der Waals surface area contributed by atoms with Crippen molar-refractivity contribution >= 4 is 66.9 Å². The number of fused-ring (bicyclic) bond motifs is 8. The zero-order valence-corrected chi connectivity index (χ0v) is 29.1. The molecule has 0 saturated carbocycles. The quantitative estimate of drug-likeness (QED) is 0.0968. The van der Waals surface area contributed by atoms with E-state index in [0.717, 1.165) is 33.1 Å². The van der Waals surface area contributed by atoms with Crippen molar-refractivity contribution in [2.75, 3.05) is 24.5 Å². The zero-order chi connectivity index (χ0) is 35.1. The van der Waals surface area contributed by atoms with Crippen LogP contribution in [-0.4, -0.2) is 26.0 Å². The predicted molar refractivity (Wildman–Crippen MR) is 219 cm³/mol. The maximum atomic E-state index is 10.2. The number of nitrogens with one attached hydrogen (secondary N) is 1. The van der Waals surface area contributed by atoms with Crippen LogP contribution in [0.5, 0.6) is 0 Å². The van der Waals surface area contributed by atoms with Crippen molar-refractivity contribution in [3.8, 4) is 11.1 Å². The average Bonchev–Trinajstić information content (AvgIpc) is 3.19. The molecule has 248 valence electrons. The van der Waals surface area contributed by atoms with Gasteiger partial charge in [0.1, 0.15) is 0 Å². The largest absolute Gasteiger partial charge is 0.386 e. The van der Waals surface area contributed by atoms with Gasteiger partial charge in [0.05, 0.1) is 17.1 Å². The fourth-order valence-corrected chi connectivity index (χ4v) is 7.81. The molecule has 0 saturated heterocycles. The standard InChI is InChI=1S/C47H39N3O/c1-47(34-14-6-5-7-15-34,30-44(49-3)32-24-22-31(23-25-32)33-26-27-43(48-2)45(28-33)50(4)51)42-29-41-37-18-9-8-16-35(37)36-17-10-12-20-39(36)46(41)40-21-13-11-19-38(40)42/h5-30,48,51H,3H2,1-2,4H3/b44-30-. The molecule has 0 aromatic heterocycles. The van der Waals surface area contributed by atoms with E-state index in [4.69, 9.17) is 0 Å². The van der Waals surface area contributed by atoms with Crippen molar-refractivity contribution in [2.45, 2.75) is 12.3 Å². The van der Waals surface area contributed by atoms with E-state index < -0.39 is 5.41 Å². The van der Waals surface area contributed by atoms with E-state index in [2.05, 4.69) is 170 Å². The van der Waals surface area contributed by atoms with Crippen LogP contribution in [0.15, 0.2) is 163 Å². The van der Waals surface area contributed by atoms with Gasteiger partial charge in [0, 0.05) is 19.5 Å². The molecule has 0 bridgehead atoms. The summed E-state index contributed by atoms with van der Waals surface area (Å²) in [6, 6.07) is 53.9. The Labute approximate surface area is 298 Å². The number of hydrogen-bond donors (Lipinski definition) is 2. The summed E-state index contributed by atoms with van der Waals surface area (Å²) in [6.07, 6.45) is 2.28. The molecule has 0 aliphatic heterocycles. The van der Waals surface area contributed by atoms with Crippen molar-refractivity contribution in [1.82, 2.24) is 0 Å². The highest BCUT2D eigenvalue weighted by Crippen LogP contribution is 2.46. The van der Waals surface area contributed by atoms with Crippen molar-refractivity contribution in [3.63, 3.8) is 0 Å². The number of benzene rings is 8. The molecule has 1 unspecified atom stereocenters. The fourth-order valence-electron chi connectivity index (χ4n) is 7.81. The van der Waals surface area contributed by atoms with Gasteiger partial charge in [-0.25, -0.2) is 0 Å². The SMILES string of the molecule is C=N/C(=C\C(C)(c1ccccc1)c1cc2c3ccccc3c3ccccc3c2c2ccccc12)c1ccc(-c2ccc(NC)c(N(C)O)c2)cc1. The first-order valence-electron chi connectivity index (χ1n) is 17.3. The minimum absolute atomic E-state index is 0.569. The van der Waals surface area contributed by atoms with Crippen molar-refractivity contribution in [3.05, 3.63) is 174 Å². The molecule has 1 atom stereocenters. The maximum absolute atomic E-state index is 10.2. The molecule has 0 aliphatic carbocycles. The summed E-state index contributed by atoms with van der Waals surface area (Å²) in [5.74, 6) is 0. The molecule has 0 amide bonds. The zero-order valence-electron chi connectivity index (χ0n) is 29.1. The van der Waals surface area contributed by atoms with Gasteiger partial charge in [0.25, 0.3) is 0 Å². The summed E-state index contributed by atoms with van der Waals surface area (Å²) in [6.45, 7) is 6.37. The number of nitrogens with zero attached hydrogens (tertiary/aromatic N) is 2. The molecular weight excluding hydrogens is 623 g/mol. The van der Waals surface area contributed by atoms with Gasteiger partial charge in [0.15, 0.2) is 0 Å². The second kappa shape index (κ2) is 12.9. The molecule has 4 heteroatoms. The van der Waals surface area contributed by atoms with Gasteiger partial charge in [-0.1, -0.05) is 133 Å². The lowest BCUT2D eigenvalue weighted by atomic mass is 9.72. The Hall–Kier alpha value is -6.23. The van der Waals surface area contributed by atoms with Gasteiger partial charge in [-0.15, -0.1) is 0 Å². The number of anilines is 2. The van der Waals surface area contributed by atoms with Crippen LogP contribution < -0.4 is 10.4 Å². The molecule has 2 N–H and O–H groups in total. The van der Waals surface area contributed by atoms with E-state index in [9.17, 15) is 5.21 Å². The van der Waals surface area contributed by atoms with Crippen LogP contribution in [0, 0.1) is 0 Å². The molecule has 8 rings (SSSR count). The van der Waals surface area contributed by atoms with Crippen molar-refractivity contribution in [2.24, 2.45) is 4.99 Å². The molecule has 0 spiro atoms. The summed E-state index contributed by atoms with van der Waals surface area (Å²) in [5, 5.41) is 24.5. The van der Waals surface area contributed by atoms with Crippen LogP contribution in [0.3, 0.4) is 0 Å². The number of aliphatic imine (C=N–C) groups is 1. The van der Waals surface area contributed by atoms with Gasteiger partial charge >= 0.3 is 0 Å². The van der Waals surface area contributed by atoms with Crippen LogP contribution in [0.2, 0.25) is 0 Å². The second-order valence-electron chi connectivity index (χ2n) is 13.3. The summed E-state index contributed by atoms with van der Waals surface area (Å²) < 4.78 is 0. The second-order valence-corrected chi connectivity index (χ2v) is 13.3. The minimum Gasteiger partial charge on any atom is -0.386 e. The third kappa shape index (κ3) is 5.41. The molecule has 0 heterocycles. The predicted octanol–water partition coefficient (Wildman–Crippen LogP) is 11.9. The summed E-state index contributed by atoms with van der Waals surface area (Å²) in [5.41, 5.74) is 7.19. The normalized spacial score (nSPS) is 13.1. The Morgan fingerprint density at radius 2 is 1.18 bits per heavy atom. The van der Waals surface area contributed by atoms with E-state index >= 15 is 0 Å². The Bertz CT molecular complexity index is 2620. The first-order chi connectivity index (χ1) is 24.9. The summed E-state index contributed by atoms with van der Waals surface area (Å²) in [7, 11) is 3.48. The molecule has 4 nitrogen and oxygen atoms in total. The van der Waals surface area contributed by atoms with Crippen LogP contribution in [0.1, 0.15) is 23.6 Å². The fraction of sp³-hybridized carbons (Fsp3) is 0.0851. The third-order valence-corrected chi connectivity index (χ3v) is 10.4. The third-order valence-electron chi connectivity index (χ3n) is 10.4. The number of hydroxylamine groups is 1. The lowest BCUT2D eigenvalue weighted by Gasteiger charge is -2.31. The Morgan fingerprint density at radius 3 is 1.78 bits per heavy atom. The summed E-state index contributed by atoms with van der Waals surface area (Å²) >= 11 is 0. The average molecular weight is 662 g/mol. The number of allylic oxidation sites excluding steroid dienone is 1. The Morgan fingerprint density at radius 1 is 0.647 bits per heavy atom. The van der Waals surface area contributed by atoms with Gasteiger partial charge in [0.2, 0.25) is 0 Å². The molecule has 8 aromatic rings. The van der Waals surface area contributed by atoms with E-state index in [1.165, 1.54) is 54.2 Å². The molecule has 51 heavy (non-hydrogen) atoms. The lowest BCUT2D eigenvalue weighted by molar-refractivity contribution is 0.280. The lowest BCUT2D eigenvalue weighted by Crippen LogP contribution is -2.22. The Balaban J connectivity index is 1.35. The van der Waals surface area contributed by atoms with E-state index in [0.29, 0.717) is 5.69 Å². The number of rotatable bonds is 8. The molecule has 8 aromatic carbocycles. The van der Waals surface area contributed by atoms with Gasteiger partial charge in [-0.2, -0.15) is 0 Å². The van der Waals surface area contributed by atoms with Gasteiger partial charge < -0.3 is 5.32 Å². The summed E-state index contributed by atoms with van der Waals surface area (Å²) in [4.78, 5) is 4.65. The first-order valence-corrected chi connectivity index (χ1v) is 17.3. The molecular formula is C47H39N3O. The van der Waals surface area contributed by atoms with Gasteiger partial charge in [-0.3, -0.25) is 15.3 Å². The smallest absolute Gasteiger partial charge is 0.0868 e. The van der Waals surface area contributed by atoms with Crippen LogP contribution >= 0.6 is 0 Å². The molecule has 0 radical (unpaired) electrons. The molecule has 0 aliphatic rings. The maximum Gasteiger partial charge on any atom is 0.0868 e. The minimum atomic E-state index is -0.569. The van der Waals surface area contributed by atoms with E-state index in [-0.39, 0.29) is 0 Å². The first kappa shape index (κ1) is 32.0. The van der Waals surface area contributed by atoms with Crippen LogP contribution in [0.25, 0.3) is 59.9 Å². The van der Waals surface area contributed by atoms with Crippen LogP contribution in [0.4, 0.5) is 11.4 Å². The number of hydrogen-bond acceptors (Lipinski definition) is 4. The monoisotopic (exact) mass is 661 g/mol. The van der Waals surface area contributed by atoms with Crippen LogP contribution in [-0.2, 0) is 5.41 Å². The highest BCUT2D eigenvalue weighted by molar-refractivity contribution is 6.31. The van der Waals surface area contributed by atoms with Crippen molar-refractivity contribution in [1.29, 1.82) is 0 Å². The molecule has 0 fully saturated rings. The van der Waals surface area contributed by atoms with Gasteiger partial charge in [-0.05, 0) is 109 Å². The van der Waals surface area contributed by atoms with Crippen molar-refractivity contribution < 1.29 is 5.21 Å². The topological polar surface area (TPSA) is 47.9 Å². The van der Waals surface area contributed by atoms with E-state index in [1.54, 1.807) is 7.05 Å². The Kier molecular flexibility index (Phi) is 8.10. The highest BCUT2D eigenvalue weighted by atomic mass is 16.5.